The van der Waals surface area contributed by atoms with Crippen LogP contribution in [0.15, 0.2) is 48.5 Å². The molecule has 0 fully saturated rings. The second-order valence-electron chi connectivity index (χ2n) is 5.08. The number of hydrogen-bond acceptors (Lipinski definition) is 0. The van der Waals surface area contributed by atoms with Gasteiger partial charge in [0.25, 0.3) is 0 Å². The Morgan fingerprint density at radius 2 is 1.16 bits per heavy atom. The van der Waals surface area contributed by atoms with Crippen molar-refractivity contribution in [1.82, 2.24) is 0 Å². The van der Waals surface area contributed by atoms with Gasteiger partial charge in [-0.2, -0.15) is 0 Å². The zero-order chi connectivity index (χ0) is 13.9. The van der Waals surface area contributed by atoms with Gasteiger partial charge >= 0.3 is 0 Å². The quantitative estimate of drug-likeness (QED) is 0.600. The molecule has 0 N–H and O–H groups in total. The minimum atomic E-state index is 0.262. The lowest BCUT2D eigenvalue weighted by Crippen LogP contribution is -2.45. The second kappa shape index (κ2) is 6.17. The Labute approximate surface area is 123 Å². The molecule has 0 aliphatic carbocycles. The summed E-state index contributed by atoms with van der Waals surface area (Å²) in [6.45, 7) is 6.77. The van der Waals surface area contributed by atoms with Crippen LogP contribution in [-0.4, -0.2) is 23.4 Å². The van der Waals surface area contributed by atoms with E-state index in [-0.39, 0.29) is 4.40 Å². The maximum absolute atomic E-state index is 3.08. The molecule has 1 atom stereocenters. The Balaban J connectivity index is 2.15. The first-order valence-corrected chi connectivity index (χ1v) is 9.02. The maximum atomic E-state index is 3.08. The van der Waals surface area contributed by atoms with E-state index in [1.165, 1.54) is 21.5 Å². The molecule has 1 unspecified atom stereocenters. The normalized spacial score (nSPS) is 11.6. The van der Waals surface area contributed by atoms with E-state index in [1.807, 2.05) is 0 Å². The molecule has 96 valence electrons. The molecule has 0 heterocycles. The van der Waals surface area contributed by atoms with E-state index >= 15 is 0 Å². The van der Waals surface area contributed by atoms with Crippen LogP contribution < -0.4 is 10.4 Å². The lowest BCUT2D eigenvalue weighted by molar-refractivity contribution is 1.25. The van der Waals surface area contributed by atoms with Gasteiger partial charge in [-0.1, -0.05) is 77.0 Å². The van der Waals surface area contributed by atoms with Gasteiger partial charge in [-0.15, -0.1) is 9.24 Å². The first-order chi connectivity index (χ1) is 8.98. The molecule has 0 nitrogen and oxygen atoms in total. The molecular weight excluding hydrogens is 279 g/mol. The molecule has 0 bridgehead atoms. The SMILES string of the molecule is Cc1ccccc1[Si]C(C)(P)[Si]c1ccccc1C. The fourth-order valence-corrected chi connectivity index (χ4v) is 6.05. The van der Waals surface area contributed by atoms with Gasteiger partial charge in [0.05, 0.1) is 19.0 Å². The third-order valence-corrected chi connectivity index (χ3v) is 7.39. The largest absolute Gasteiger partial charge is 0.137 e. The third-order valence-electron chi connectivity index (χ3n) is 3.08. The second-order valence-corrected chi connectivity index (χ2v) is 11.5. The number of hydrogen-bond donors (Lipinski definition) is 0. The van der Waals surface area contributed by atoms with Crippen LogP contribution in [-0.2, 0) is 0 Å². The molecule has 3 heteroatoms. The number of aryl methyl sites for hydroxylation is 2. The van der Waals surface area contributed by atoms with E-state index in [4.69, 9.17) is 0 Å². The summed E-state index contributed by atoms with van der Waals surface area (Å²) in [7, 11) is 4.74. The van der Waals surface area contributed by atoms with Crippen molar-refractivity contribution in [3.05, 3.63) is 59.7 Å². The Morgan fingerprint density at radius 3 is 1.53 bits per heavy atom. The van der Waals surface area contributed by atoms with Crippen molar-refractivity contribution >= 4 is 38.7 Å². The first kappa shape index (κ1) is 14.7. The maximum Gasteiger partial charge on any atom is 0.0889 e. The van der Waals surface area contributed by atoms with E-state index in [2.05, 4.69) is 78.5 Å². The van der Waals surface area contributed by atoms with Gasteiger partial charge in [0, 0.05) is 0 Å². The van der Waals surface area contributed by atoms with Gasteiger partial charge in [-0.3, -0.25) is 0 Å². The summed E-state index contributed by atoms with van der Waals surface area (Å²) in [4.78, 5) is 0. The fraction of sp³-hybridized carbons (Fsp3) is 0.250. The van der Waals surface area contributed by atoms with Crippen molar-refractivity contribution in [2.75, 3.05) is 0 Å². The molecule has 2 aromatic rings. The van der Waals surface area contributed by atoms with Gasteiger partial charge < -0.3 is 0 Å². The molecule has 2 aromatic carbocycles. The Kier molecular flexibility index (Phi) is 4.78. The molecule has 0 saturated carbocycles. The zero-order valence-electron chi connectivity index (χ0n) is 11.7. The van der Waals surface area contributed by atoms with E-state index in [0.717, 1.165) is 19.0 Å². The highest BCUT2D eigenvalue weighted by Gasteiger charge is 2.23. The van der Waals surface area contributed by atoms with Crippen LogP contribution in [0.3, 0.4) is 0 Å². The highest BCUT2D eigenvalue weighted by Crippen LogP contribution is 2.15. The fourth-order valence-electron chi connectivity index (χ4n) is 2.02. The smallest absolute Gasteiger partial charge is 0.0889 e. The molecule has 0 aromatic heterocycles. The summed E-state index contributed by atoms with van der Waals surface area (Å²) in [5.74, 6) is 0. The monoisotopic (exact) mass is 298 g/mol. The molecule has 4 radical (unpaired) electrons. The predicted octanol–water partition coefficient (Wildman–Crippen LogP) is 2.21. The zero-order valence-corrected chi connectivity index (χ0v) is 14.9. The summed E-state index contributed by atoms with van der Waals surface area (Å²) >= 11 is 0. The van der Waals surface area contributed by atoms with Gasteiger partial charge in [-0.25, -0.2) is 0 Å². The van der Waals surface area contributed by atoms with Crippen molar-refractivity contribution in [3.8, 4) is 0 Å². The van der Waals surface area contributed by atoms with E-state index in [1.54, 1.807) is 0 Å². The Hall–Kier alpha value is -0.696. The summed E-state index contributed by atoms with van der Waals surface area (Å²) in [5, 5.41) is 2.97. The highest BCUT2D eigenvalue weighted by atomic mass is 31.0. The van der Waals surface area contributed by atoms with E-state index in [9.17, 15) is 0 Å². The summed E-state index contributed by atoms with van der Waals surface area (Å²) < 4.78 is 0.262. The molecule has 0 aliphatic rings. The molecule has 0 saturated heterocycles. The number of benzene rings is 2. The van der Waals surface area contributed by atoms with Crippen LogP contribution in [0.1, 0.15) is 18.1 Å². The minimum absolute atomic E-state index is 0.262. The summed E-state index contributed by atoms with van der Waals surface area (Å²) in [6.07, 6.45) is 0. The van der Waals surface area contributed by atoms with Crippen LogP contribution >= 0.6 is 9.24 Å². The van der Waals surface area contributed by atoms with Gasteiger partial charge in [-0.05, 0) is 18.3 Å². The van der Waals surface area contributed by atoms with Gasteiger partial charge in [0.2, 0.25) is 0 Å². The van der Waals surface area contributed by atoms with Crippen molar-refractivity contribution in [1.29, 1.82) is 0 Å². The topological polar surface area (TPSA) is 0 Å². The van der Waals surface area contributed by atoms with Crippen LogP contribution in [0.25, 0.3) is 0 Å². The summed E-state index contributed by atoms with van der Waals surface area (Å²) in [6, 6.07) is 17.5. The molecule has 0 amide bonds. The molecule has 19 heavy (non-hydrogen) atoms. The van der Waals surface area contributed by atoms with Crippen molar-refractivity contribution in [2.45, 2.75) is 25.2 Å². The van der Waals surface area contributed by atoms with Gasteiger partial charge in [0.15, 0.2) is 0 Å². The van der Waals surface area contributed by atoms with Crippen LogP contribution in [0, 0.1) is 13.8 Å². The van der Waals surface area contributed by atoms with Crippen LogP contribution in [0.5, 0.6) is 0 Å². The van der Waals surface area contributed by atoms with Crippen LogP contribution in [0.4, 0.5) is 0 Å². The minimum Gasteiger partial charge on any atom is -0.137 e. The van der Waals surface area contributed by atoms with E-state index in [0.29, 0.717) is 0 Å². The third kappa shape index (κ3) is 4.14. The van der Waals surface area contributed by atoms with Gasteiger partial charge in [0.1, 0.15) is 0 Å². The number of rotatable bonds is 4. The predicted molar refractivity (Wildman–Crippen MR) is 91.2 cm³/mol. The lowest BCUT2D eigenvalue weighted by Gasteiger charge is -2.24. The van der Waals surface area contributed by atoms with Crippen molar-refractivity contribution in [2.24, 2.45) is 0 Å². The average Bonchev–Trinajstić information content (AvgIpc) is 2.35. The lowest BCUT2D eigenvalue weighted by atomic mass is 10.2. The van der Waals surface area contributed by atoms with E-state index < -0.39 is 0 Å². The molecule has 2 rings (SSSR count). The Morgan fingerprint density at radius 1 is 0.789 bits per heavy atom. The van der Waals surface area contributed by atoms with Crippen molar-refractivity contribution in [3.63, 3.8) is 0 Å². The molecular formula is C16H19PSi2. The highest BCUT2D eigenvalue weighted by molar-refractivity contribution is 7.30. The average molecular weight is 298 g/mol. The summed E-state index contributed by atoms with van der Waals surface area (Å²) in [5.41, 5.74) is 2.81. The Bertz CT molecular complexity index is 515. The molecule has 0 aliphatic heterocycles. The first-order valence-electron chi connectivity index (χ1n) is 6.44. The standard InChI is InChI=1S/C16H19PSi2/c1-12-8-4-6-10-14(12)18-16(3,17)19-15-11-7-5-9-13(15)2/h4-11H,17H2,1-3H3. The van der Waals surface area contributed by atoms with Crippen LogP contribution in [0.2, 0.25) is 0 Å². The molecule has 0 spiro atoms. The van der Waals surface area contributed by atoms with Crippen molar-refractivity contribution < 1.29 is 0 Å².